The first-order valence-corrected chi connectivity index (χ1v) is 8.10. The van der Waals surface area contributed by atoms with Crippen LogP contribution in [0.4, 0.5) is 5.69 Å². The van der Waals surface area contributed by atoms with Gasteiger partial charge in [0, 0.05) is 31.7 Å². The van der Waals surface area contributed by atoms with Crippen LogP contribution in [0.1, 0.15) is 17.0 Å². The maximum absolute atomic E-state index is 12.2. The highest BCUT2D eigenvalue weighted by Gasteiger charge is 2.34. The number of carbonyl (C=O) groups is 3. The fourth-order valence-corrected chi connectivity index (χ4v) is 2.74. The van der Waals surface area contributed by atoms with Crippen LogP contribution in [-0.2, 0) is 9.59 Å². The van der Waals surface area contributed by atoms with Crippen LogP contribution in [0, 0.1) is 5.92 Å². The van der Waals surface area contributed by atoms with Gasteiger partial charge >= 0.3 is 0 Å². The fraction of sp³-hybridized carbons (Fsp3) is 0.278. The summed E-state index contributed by atoms with van der Waals surface area (Å²) in [4.78, 5) is 37.6. The lowest BCUT2D eigenvalue weighted by Gasteiger charge is -2.16. The van der Waals surface area contributed by atoms with E-state index in [9.17, 15) is 14.4 Å². The SMILES string of the molecule is O=C(NCCNC(=O)C1CC(=O)N(c2ccccc2)C1)c1ccco1. The third-order valence-electron chi connectivity index (χ3n) is 4.02. The third kappa shape index (κ3) is 4.06. The Kier molecular flexibility index (Phi) is 5.13. The molecule has 7 heteroatoms. The lowest BCUT2D eigenvalue weighted by Crippen LogP contribution is -2.38. The fourth-order valence-electron chi connectivity index (χ4n) is 2.74. The van der Waals surface area contributed by atoms with E-state index in [1.54, 1.807) is 17.0 Å². The molecule has 2 heterocycles. The molecule has 1 saturated heterocycles. The summed E-state index contributed by atoms with van der Waals surface area (Å²) in [5.41, 5.74) is 0.800. The first-order chi connectivity index (χ1) is 12.1. The van der Waals surface area contributed by atoms with Crippen molar-refractivity contribution in [2.24, 2.45) is 5.92 Å². The van der Waals surface area contributed by atoms with Crippen LogP contribution in [0.3, 0.4) is 0 Å². The summed E-state index contributed by atoms with van der Waals surface area (Å²) in [6.07, 6.45) is 1.62. The number of hydrogen-bond acceptors (Lipinski definition) is 4. The number of nitrogens with zero attached hydrogens (tertiary/aromatic N) is 1. The van der Waals surface area contributed by atoms with Gasteiger partial charge in [-0.1, -0.05) is 18.2 Å². The Morgan fingerprint density at radius 3 is 2.56 bits per heavy atom. The maximum Gasteiger partial charge on any atom is 0.287 e. The molecule has 0 radical (unpaired) electrons. The van der Waals surface area contributed by atoms with Crippen molar-refractivity contribution in [3.05, 3.63) is 54.5 Å². The van der Waals surface area contributed by atoms with Crippen LogP contribution < -0.4 is 15.5 Å². The lowest BCUT2D eigenvalue weighted by molar-refractivity contribution is -0.126. The molecular weight excluding hydrogens is 322 g/mol. The lowest BCUT2D eigenvalue weighted by atomic mass is 10.1. The number of anilines is 1. The molecule has 1 aromatic carbocycles. The molecule has 25 heavy (non-hydrogen) atoms. The second-order valence-electron chi connectivity index (χ2n) is 5.77. The molecule has 1 atom stereocenters. The summed E-state index contributed by atoms with van der Waals surface area (Å²) in [5, 5.41) is 5.40. The van der Waals surface area contributed by atoms with E-state index >= 15 is 0 Å². The number of carbonyl (C=O) groups excluding carboxylic acids is 3. The van der Waals surface area contributed by atoms with Crippen molar-refractivity contribution in [1.29, 1.82) is 0 Å². The first-order valence-electron chi connectivity index (χ1n) is 8.10. The van der Waals surface area contributed by atoms with Crippen LogP contribution >= 0.6 is 0 Å². The number of benzene rings is 1. The minimum absolute atomic E-state index is 0.0579. The Bertz CT molecular complexity index is 743. The molecule has 0 saturated carbocycles. The summed E-state index contributed by atoms with van der Waals surface area (Å²) < 4.78 is 4.98. The maximum atomic E-state index is 12.2. The van der Waals surface area contributed by atoms with Crippen LogP contribution in [0.2, 0.25) is 0 Å². The predicted molar refractivity (Wildman–Crippen MR) is 91.0 cm³/mol. The van der Waals surface area contributed by atoms with Crippen LogP contribution in [-0.4, -0.2) is 37.4 Å². The van der Waals surface area contributed by atoms with E-state index < -0.39 is 0 Å². The minimum atomic E-state index is -0.381. The van der Waals surface area contributed by atoms with Crippen molar-refractivity contribution < 1.29 is 18.8 Å². The molecule has 7 nitrogen and oxygen atoms in total. The standard InChI is InChI=1S/C18H19N3O4/c22-16-11-13(12-21(16)14-5-2-1-3-6-14)17(23)19-8-9-20-18(24)15-7-4-10-25-15/h1-7,10,13H,8-9,11-12H2,(H,19,23)(H,20,24). The molecule has 1 aliphatic heterocycles. The highest BCUT2D eigenvalue weighted by molar-refractivity contribution is 6.00. The molecular formula is C18H19N3O4. The van der Waals surface area contributed by atoms with Gasteiger partial charge in [0.2, 0.25) is 11.8 Å². The molecule has 2 N–H and O–H groups in total. The molecule has 0 bridgehead atoms. The van der Waals surface area contributed by atoms with Crippen LogP contribution in [0.15, 0.2) is 53.1 Å². The van der Waals surface area contributed by atoms with Gasteiger partial charge in [0.25, 0.3) is 5.91 Å². The first kappa shape index (κ1) is 16.8. The number of rotatable bonds is 6. The molecule has 1 aromatic heterocycles. The van der Waals surface area contributed by atoms with E-state index in [-0.39, 0.29) is 42.4 Å². The Morgan fingerprint density at radius 1 is 1.08 bits per heavy atom. The predicted octanol–water partition coefficient (Wildman–Crippen LogP) is 1.18. The van der Waals surface area contributed by atoms with Gasteiger partial charge in [0.15, 0.2) is 5.76 Å². The number of furan rings is 1. The van der Waals surface area contributed by atoms with Crippen molar-refractivity contribution in [3.8, 4) is 0 Å². The molecule has 1 aliphatic rings. The molecule has 1 fully saturated rings. The summed E-state index contributed by atoms with van der Waals surface area (Å²) >= 11 is 0. The molecule has 1 unspecified atom stereocenters. The zero-order valence-corrected chi connectivity index (χ0v) is 13.6. The number of hydrogen-bond donors (Lipinski definition) is 2. The highest BCUT2D eigenvalue weighted by Crippen LogP contribution is 2.24. The Balaban J connectivity index is 1.43. The average molecular weight is 341 g/mol. The number of para-hydroxylation sites is 1. The second kappa shape index (κ2) is 7.65. The molecule has 0 spiro atoms. The van der Waals surface area contributed by atoms with E-state index in [0.29, 0.717) is 13.1 Å². The van der Waals surface area contributed by atoms with Gasteiger partial charge in [0.05, 0.1) is 12.2 Å². The summed E-state index contributed by atoms with van der Waals surface area (Å²) in [7, 11) is 0. The van der Waals surface area contributed by atoms with E-state index in [2.05, 4.69) is 10.6 Å². The highest BCUT2D eigenvalue weighted by atomic mass is 16.3. The van der Waals surface area contributed by atoms with E-state index in [1.807, 2.05) is 30.3 Å². The van der Waals surface area contributed by atoms with Gasteiger partial charge in [-0.3, -0.25) is 14.4 Å². The second-order valence-corrected chi connectivity index (χ2v) is 5.77. The Hall–Kier alpha value is -3.09. The van der Waals surface area contributed by atoms with Gasteiger partial charge in [0.1, 0.15) is 0 Å². The molecule has 130 valence electrons. The van der Waals surface area contributed by atoms with Gasteiger partial charge in [-0.05, 0) is 24.3 Å². The normalized spacial score (nSPS) is 16.7. The van der Waals surface area contributed by atoms with Crippen molar-refractivity contribution >= 4 is 23.4 Å². The smallest absolute Gasteiger partial charge is 0.287 e. The van der Waals surface area contributed by atoms with E-state index in [0.717, 1.165) is 5.69 Å². The minimum Gasteiger partial charge on any atom is -0.459 e. The molecule has 3 amide bonds. The zero-order valence-electron chi connectivity index (χ0n) is 13.6. The molecule has 2 aromatic rings. The van der Waals surface area contributed by atoms with Gasteiger partial charge in [-0.2, -0.15) is 0 Å². The Labute approximate surface area is 145 Å². The van der Waals surface area contributed by atoms with Crippen molar-refractivity contribution in [2.75, 3.05) is 24.5 Å². The summed E-state index contributed by atoms with van der Waals surface area (Å²) in [6.45, 7) is 0.948. The molecule has 3 rings (SSSR count). The van der Waals surface area contributed by atoms with E-state index in [4.69, 9.17) is 4.42 Å². The summed E-state index contributed by atoms with van der Waals surface area (Å²) in [6, 6.07) is 12.5. The van der Waals surface area contributed by atoms with Crippen molar-refractivity contribution in [3.63, 3.8) is 0 Å². The zero-order chi connectivity index (χ0) is 17.6. The van der Waals surface area contributed by atoms with Gasteiger partial charge < -0.3 is 20.0 Å². The van der Waals surface area contributed by atoms with Crippen LogP contribution in [0.25, 0.3) is 0 Å². The van der Waals surface area contributed by atoms with Gasteiger partial charge in [-0.25, -0.2) is 0 Å². The average Bonchev–Trinajstić information content (AvgIpc) is 3.29. The Morgan fingerprint density at radius 2 is 1.84 bits per heavy atom. The largest absolute Gasteiger partial charge is 0.459 e. The topological polar surface area (TPSA) is 91.7 Å². The van der Waals surface area contributed by atoms with Crippen molar-refractivity contribution in [1.82, 2.24) is 10.6 Å². The summed E-state index contributed by atoms with van der Waals surface area (Å²) in [5.74, 6) is -0.721. The van der Waals surface area contributed by atoms with Crippen LogP contribution in [0.5, 0.6) is 0 Å². The quantitative estimate of drug-likeness (QED) is 0.772. The van der Waals surface area contributed by atoms with Gasteiger partial charge in [-0.15, -0.1) is 0 Å². The third-order valence-corrected chi connectivity index (χ3v) is 4.02. The van der Waals surface area contributed by atoms with E-state index in [1.165, 1.54) is 6.26 Å². The number of nitrogens with one attached hydrogen (secondary N) is 2. The molecule has 0 aliphatic carbocycles. The number of amides is 3. The van der Waals surface area contributed by atoms with Crippen molar-refractivity contribution in [2.45, 2.75) is 6.42 Å². The monoisotopic (exact) mass is 341 g/mol.